The summed E-state index contributed by atoms with van der Waals surface area (Å²) in [6.45, 7) is 5.25. The molecular weight excluding hydrogens is 364 g/mol. The highest BCUT2D eigenvalue weighted by Gasteiger charge is 2.23. The molecule has 0 radical (unpaired) electrons. The van der Waals surface area contributed by atoms with Crippen molar-refractivity contribution in [3.63, 3.8) is 0 Å². The Hall–Kier alpha value is -2.82. The van der Waals surface area contributed by atoms with Crippen molar-refractivity contribution in [2.24, 2.45) is 0 Å². The summed E-state index contributed by atoms with van der Waals surface area (Å²) < 4.78 is 5.80. The predicted octanol–water partition coefficient (Wildman–Crippen LogP) is 3.76. The molecule has 0 aromatic heterocycles. The zero-order valence-corrected chi connectivity index (χ0v) is 17.3. The topological polar surface area (TPSA) is 58.6 Å². The van der Waals surface area contributed by atoms with Gasteiger partial charge in [-0.3, -0.25) is 4.79 Å². The first-order valence-corrected chi connectivity index (χ1v) is 10.4. The first-order chi connectivity index (χ1) is 14.0. The molecule has 0 saturated carbocycles. The highest BCUT2D eigenvalue weighted by atomic mass is 16.5. The number of aryl methyl sites for hydroxylation is 1. The van der Waals surface area contributed by atoms with Crippen LogP contribution in [0.2, 0.25) is 0 Å². The van der Waals surface area contributed by atoms with E-state index in [9.17, 15) is 9.59 Å². The lowest BCUT2D eigenvalue weighted by Crippen LogP contribution is -2.48. The number of anilines is 1. The zero-order chi connectivity index (χ0) is 20.6. The second-order valence-electron chi connectivity index (χ2n) is 7.71. The fourth-order valence-corrected chi connectivity index (χ4v) is 3.55. The van der Waals surface area contributed by atoms with E-state index in [4.69, 9.17) is 4.74 Å². The molecule has 0 bridgehead atoms. The zero-order valence-electron chi connectivity index (χ0n) is 17.3. The van der Waals surface area contributed by atoms with Crippen LogP contribution in [0, 0.1) is 0 Å². The molecule has 3 rings (SSSR count). The van der Waals surface area contributed by atoms with Crippen LogP contribution in [0.4, 0.5) is 5.69 Å². The summed E-state index contributed by atoms with van der Waals surface area (Å²) in [7, 11) is 0. The smallest absolute Gasteiger partial charge is 0.260 e. The predicted molar refractivity (Wildman–Crippen MR) is 115 cm³/mol. The molecule has 5 heteroatoms. The Bertz CT molecular complexity index is 797. The number of rotatable bonds is 8. The van der Waals surface area contributed by atoms with Crippen molar-refractivity contribution in [1.29, 1.82) is 0 Å². The minimum atomic E-state index is -0.551. The maximum Gasteiger partial charge on any atom is 0.260 e. The monoisotopic (exact) mass is 394 g/mol. The fourth-order valence-electron chi connectivity index (χ4n) is 3.55. The normalized spacial score (nSPS) is 15.6. The highest BCUT2D eigenvalue weighted by Crippen LogP contribution is 2.20. The number of ether oxygens (including phenoxy) is 1. The van der Waals surface area contributed by atoms with Crippen LogP contribution in [-0.2, 0) is 16.0 Å². The first kappa shape index (κ1) is 20.9. The van der Waals surface area contributed by atoms with E-state index in [1.807, 2.05) is 30.3 Å². The van der Waals surface area contributed by atoms with Crippen LogP contribution >= 0.6 is 0 Å². The van der Waals surface area contributed by atoms with Gasteiger partial charge in [0.1, 0.15) is 11.5 Å². The third-order valence-corrected chi connectivity index (χ3v) is 5.33. The molecule has 1 N–H and O–H groups in total. The summed E-state index contributed by atoms with van der Waals surface area (Å²) in [4.78, 5) is 26.0. The molecule has 1 aliphatic heterocycles. The first-order valence-electron chi connectivity index (χ1n) is 10.4. The van der Waals surface area contributed by atoms with Gasteiger partial charge >= 0.3 is 0 Å². The molecule has 1 aliphatic rings. The largest absolute Gasteiger partial charge is 0.481 e. The number of Topliss-reactive ketones (excluding diaryl/α,β-unsaturated/α-hetero) is 1. The number of amides is 1. The van der Waals surface area contributed by atoms with Gasteiger partial charge in [-0.05, 0) is 62.9 Å². The van der Waals surface area contributed by atoms with Gasteiger partial charge in [0.2, 0.25) is 0 Å². The molecule has 2 aromatic carbocycles. The Kier molecular flexibility index (Phi) is 7.28. The lowest BCUT2D eigenvalue weighted by atomic mass is 10.0. The molecule has 29 heavy (non-hydrogen) atoms. The maximum atomic E-state index is 12.5. The summed E-state index contributed by atoms with van der Waals surface area (Å²) in [6.07, 6.45) is 2.58. The van der Waals surface area contributed by atoms with E-state index < -0.39 is 6.10 Å². The van der Waals surface area contributed by atoms with E-state index in [0.29, 0.717) is 12.2 Å². The quantitative estimate of drug-likeness (QED) is 0.741. The Morgan fingerprint density at radius 3 is 2.34 bits per heavy atom. The Morgan fingerprint density at radius 1 is 1.07 bits per heavy atom. The van der Waals surface area contributed by atoms with Gasteiger partial charge in [0.15, 0.2) is 6.10 Å². The van der Waals surface area contributed by atoms with Crippen molar-refractivity contribution >= 4 is 17.4 Å². The van der Waals surface area contributed by atoms with Gasteiger partial charge in [-0.1, -0.05) is 30.3 Å². The summed E-state index contributed by atoms with van der Waals surface area (Å²) in [6, 6.07) is 18.2. The van der Waals surface area contributed by atoms with Crippen molar-refractivity contribution in [2.45, 2.75) is 51.7 Å². The highest BCUT2D eigenvalue weighted by molar-refractivity contribution is 5.81. The molecule has 5 nitrogen and oxygen atoms in total. The second kappa shape index (κ2) is 10.1. The number of para-hydroxylation sites is 1. The summed E-state index contributed by atoms with van der Waals surface area (Å²) in [5.41, 5.74) is 2.33. The molecule has 1 heterocycles. The number of carbonyl (C=O) groups is 2. The SMILES string of the molecule is CC(=O)CCc1ccc(OC(C)C(=O)NC2CCN(c3ccccc3)CC2)cc1. The van der Waals surface area contributed by atoms with Crippen LogP contribution < -0.4 is 15.0 Å². The summed E-state index contributed by atoms with van der Waals surface area (Å²) in [5.74, 6) is 0.771. The number of ketones is 1. The number of hydrogen-bond donors (Lipinski definition) is 1. The molecular formula is C24H30N2O3. The van der Waals surface area contributed by atoms with E-state index in [-0.39, 0.29) is 17.7 Å². The van der Waals surface area contributed by atoms with Crippen LogP contribution in [0.3, 0.4) is 0 Å². The Labute approximate surface area is 173 Å². The van der Waals surface area contributed by atoms with E-state index in [2.05, 4.69) is 34.5 Å². The molecule has 1 amide bonds. The average Bonchev–Trinajstić information content (AvgIpc) is 2.74. The number of piperidine rings is 1. The molecule has 1 unspecified atom stereocenters. The van der Waals surface area contributed by atoms with Gasteiger partial charge in [0.05, 0.1) is 0 Å². The maximum absolute atomic E-state index is 12.5. The van der Waals surface area contributed by atoms with Gasteiger partial charge in [-0.15, -0.1) is 0 Å². The third-order valence-electron chi connectivity index (χ3n) is 5.33. The number of nitrogens with one attached hydrogen (secondary N) is 1. The molecule has 1 atom stereocenters. The molecule has 0 aliphatic carbocycles. The van der Waals surface area contributed by atoms with Gasteiger partial charge < -0.3 is 19.7 Å². The van der Waals surface area contributed by atoms with E-state index in [1.165, 1.54) is 5.69 Å². The minimum absolute atomic E-state index is 0.0798. The van der Waals surface area contributed by atoms with Crippen LogP contribution in [0.15, 0.2) is 54.6 Å². The lowest BCUT2D eigenvalue weighted by molar-refractivity contribution is -0.128. The Morgan fingerprint density at radius 2 is 1.72 bits per heavy atom. The van der Waals surface area contributed by atoms with Crippen molar-refractivity contribution < 1.29 is 14.3 Å². The fraction of sp³-hybridized carbons (Fsp3) is 0.417. The van der Waals surface area contributed by atoms with Crippen LogP contribution in [0.1, 0.15) is 38.7 Å². The van der Waals surface area contributed by atoms with Crippen molar-refractivity contribution in [1.82, 2.24) is 5.32 Å². The van der Waals surface area contributed by atoms with E-state index in [1.54, 1.807) is 13.8 Å². The Balaban J connectivity index is 1.43. The van der Waals surface area contributed by atoms with E-state index >= 15 is 0 Å². The van der Waals surface area contributed by atoms with Crippen molar-refractivity contribution in [3.8, 4) is 5.75 Å². The summed E-state index contributed by atoms with van der Waals surface area (Å²) in [5, 5.41) is 3.13. The standard InChI is InChI=1S/C24H30N2O3/c1-18(27)8-9-20-10-12-23(13-11-20)29-19(2)24(28)25-21-14-16-26(17-15-21)22-6-4-3-5-7-22/h3-7,10-13,19,21H,8-9,14-17H2,1-2H3,(H,25,28). The lowest BCUT2D eigenvalue weighted by Gasteiger charge is -2.34. The van der Waals surface area contributed by atoms with Gasteiger partial charge in [0.25, 0.3) is 5.91 Å². The second-order valence-corrected chi connectivity index (χ2v) is 7.71. The van der Waals surface area contributed by atoms with Gasteiger partial charge in [0, 0.05) is 31.2 Å². The van der Waals surface area contributed by atoms with Crippen molar-refractivity contribution in [3.05, 3.63) is 60.2 Å². The van der Waals surface area contributed by atoms with Crippen LogP contribution in [-0.4, -0.2) is 36.9 Å². The molecule has 154 valence electrons. The van der Waals surface area contributed by atoms with Crippen LogP contribution in [0.25, 0.3) is 0 Å². The molecule has 2 aromatic rings. The number of carbonyl (C=O) groups excluding carboxylic acids is 2. The number of hydrogen-bond acceptors (Lipinski definition) is 4. The number of benzene rings is 2. The average molecular weight is 395 g/mol. The third kappa shape index (κ3) is 6.34. The molecule has 1 saturated heterocycles. The van der Waals surface area contributed by atoms with E-state index in [0.717, 1.165) is 37.9 Å². The molecule has 1 fully saturated rings. The van der Waals surface area contributed by atoms with Crippen LogP contribution in [0.5, 0.6) is 5.75 Å². The molecule has 0 spiro atoms. The van der Waals surface area contributed by atoms with Crippen molar-refractivity contribution in [2.75, 3.05) is 18.0 Å². The summed E-state index contributed by atoms with van der Waals surface area (Å²) >= 11 is 0. The minimum Gasteiger partial charge on any atom is -0.481 e. The number of nitrogens with zero attached hydrogens (tertiary/aromatic N) is 1. The van der Waals surface area contributed by atoms with Gasteiger partial charge in [-0.2, -0.15) is 0 Å². The van der Waals surface area contributed by atoms with Gasteiger partial charge in [-0.25, -0.2) is 0 Å².